The Kier molecular flexibility index (Phi) is 2.30. The molecule has 1 N–H and O–H groups in total. The maximum atomic E-state index is 10.8. The highest BCUT2D eigenvalue weighted by atomic mass is 16.1. The van der Waals surface area contributed by atoms with E-state index in [9.17, 15) is 4.79 Å². The van der Waals surface area contributed by atoms with Crippen LogP contribution in [-0.4, -0.2) is 12.8 Å². The largest absolute Gasteiger partial charge is 0.384 e. The number of hydrogen-bond acceptors (Lipinski definition) is 2. The molecular formula is C11H13NO. The Bertz CT molecular complexity index is 320. The number of carbonyl (C=O) groups excluding carboxylic acids is 1. The molecule has 0 bridgehead atoms. The Balaban J connectivity index is 2.45. The highest BCUT2D eigenvalue weighted by Crippen LogP contribution is 2.24. The van der Waals surface area contributed by atoms with E-state index in [0.29, 0.717) is 0 Å². The van der Waals surface area contributed by atoms with Crippen LogP contribution in [0.2, 0.25) is 0 Å². The van der Waals surface area contributed by atoms with Gasteiger partial charge in [0.05, 0.1) is 0 Å². The van der Waals surface area contributed by atoms with E-state index < -0.39 is 0 Å². The van der Waals surface area contributed by atoms with E-state index in [-0.39, 0.29) is 0 Å². The number of para-hydroxylation sites is 1. The van der Waals surface area contributed by atoms with Gasteiger partial charge in [0.2, 0.25) is 0 Å². The Morgan fingerprint density at radius 1 is 1.31 bits per heavy atom. The SMILES string of the molecule is O=Cc1cccc2c1NCCCC2. The van der Waals surface area contributed by atoms with Crippen molar-refractivity contribution in [2.75, 3.05) is 11.9 Å². The number of aldehydes is 1. The molecule has 0 atom stereocenters. The highest BCUT2D eigenvalue weighted by molar-refractivity contribution is 5.85. The summed E-state index contributed by atoms with van der Waals surface area (Å²) in [7, 11) is 0. The van der Waals surface area contributed by atoms with Crippen LogP contribution in [0.25, 0.3) is 0 Å². The van der Waals surface area contributed by atoms with Gasteiger partial charge in [-0.15, -0.1) is 0 Å². The molecule has 0 unspecified atom stereocenters. The molecule has 0 spiro atoms. The fraction of sp³-hybridized carbons (Fsp3) is 0.364. The van der Waals surface area contributed by atoms with Crippen molar-refractivity contribution in [2.24, 2.45) is 0 Å². The second kappa shape index (κ2) is 3.60. The third-order valence-corrected chi connectivity index (χ3v) is 2.48. The summed E-state index contributed by atoms with van der Waals surface area (Å²) < 4.78 is 0. The molecule has 0 saturated carbocycles. The van der Waals surface area contributed by atoms with E-state index in [1.165, 1.54) is 18.4 Å². The normalized spacial score (nSPS) is 15.4. The summed E-state index contributed by atoms with van der Waals surface area (Å²) in [6.07, 6.45) is 4.41. The Labute approximate surface area is 78.0 Å². The van der Waals surface area contributed by atoms with E-state index in [2.05, 4.69) is 11.4 Å². The third-order valence-electron chi connectivity index (χ3n) is 2.48. The number of aryl methyl sites for hydroxylation is 1. The molecule has 1 heterocycles. The van der Waals surface area contributed by atoms with Crippen molar-refractivity contribution >= 4 is 12.0 Å². The van der Waals surface area contributed by atoms with Crippen LogP contribution in [0, 0.1) is 0 Å². The van der Waals surface area contributed by atoms with Gasteiger partial charge < -0.3 is 5.32 Å². The first-order chi connectivity index (χ1) is 6.42. The van der Waals surface area contributed by atoms with E-state index in [4.69, 9.17) is 0 Å². The number of fused-ring (bicyclic) bond motifs is 1. The van der Waals surface area contributed by atoms with Gasteiger partial charge in [-0.2, -0.15) is 0 Å². The molecule has 1 aromatic rings. The highest BCUT2D eigenvalue weighted by Gasteiger charge is 2.09. The molecule has 1 aliphatic rings. The third kappa shape index (κ3) is 1.57. The van der Waals surface area contributed by atoms with Crippen LogP contribution in [0.4, 0.5) is 5.69 Å². The number of carbonyl (C=O) groups is 1. The molecule has 2 rings (SSSR count). The molecule has 13 heavy (non-hydrogen) atoms. The standard InChI is InChI=1S/C11H13NO/c13-8-10-6-3-5-9-4-1-2-7-12-11(9)10/h3,5-6,8,12H,1-2,4,7H2. The predicted molar refractivity (Wildman–Crippen MR) is 53.3 cm³/mol. The summed E-state index contributed by atoms with van der Waals surface area (Å²) in [4.78, 5) is 10.8. The lowest BCUT2D eigenvalue weighted by molar-refractivity contribution is 0.112. The number of benzene rings is 1. The first kappa shape index (κ1) is 8.30. The second-order valence-electron chi connectivity index (χ2n) is 3.38. The maximum Gasteiger partial charge on any atom is 0.152 e. The zero-order valence-corrected chi connectivity index (χ0v) is 7.55. The van der Waals surface area contributed by atoms with Crippen LogP contribution in [0.5, 0.6) is 0 Å². The van der Waals surface area contributed by atoms with Crippen LogP contribution >= 0.6 is 0 Å². The topological polar surface area (TPSA) is 29.1 Å². The van der Waals surface area contributed by atoms with Gasteiger partial charge in [-0.3, -0.25) is 4.79 Å². The maximum absolute atomic E-state index is 10.8. The van der Waals surface area contributed by atoms with Crippen molar-refractivity contribution in [1.82, 2.24) is 0 Å². The zero-order chi connectivity index (χ0) is 9.10. The molecule has 0 aliphatic carbocycles. The van der Waals surface area contributed by atoms with Crippen molar-refractivity contribution in [3.8, 4) is 0 Å². The van der Waals surface area contributed by atoms with Gasteiger partial charge in [-0.1, -0.05) is 12.1 Å². The lowest BCUT2D eigenvalue weighted by Crippen LogP contribution is -2.02. The second-order valence-corrected chi connectivity index (χ2v) is 3.38. The van der Waals surface area contributed by atoms with Gasteiger partial charge in [0, 0.05) is 17.8 Å². The van der Waals surface area contributed by atoms with Crippen LogP contribution in [-0.2, 0) is 6.42 Å². The summed E-state index contributed by atoms with van der Waals surface area (Å²) in [5.41, 5.74) is 3.12. The molecule has 0 amide bonds. The van der Waals surface area contributed by atoms with Crippen molar-refractivity contribution in [3.63, 3.8) is 0 Å². The number of rotatable bonds is 1. The molecule has 1 aliphatic heterocycles. The minimum atomic E-state index is 0.791. The minimum absolute atomic E-state index is 0.791. The Hall–Kier alpha value is -1.31. The summed E-state index contributed by atoms with van der Waals surface area (Å²) in [6, 6.07) is 5.92. The Morgan fingerprint density at radius 3 is 3.08 bits per heavy atom. The summed E-state index contributed by atoms with van der Waals surface area (Å²) in [6.45, 7) is 0.984. The van der Waals surface area contributed by atoms with Gasteiger partial charge in [0.15, 0.2) is 6.29 Å². The quantitative estimate of drug-likeness (QED) is 0.663. The van der Waals surface area contributed by atoms with Gasteiger partial charge in [-0.25, -0.2) is 0 Å². The van der Waals surface area contributed by atoms with Gasteiger partial charge in [-0.05, 0) is 30.9 Å². The molecule has 1 aromatic carbocycles. The van der Waals surface area contributed by atoms with Crippen molar-refractivity contribution in [1.29, 1.82) is 0 Å². The van der Waals surface area contributed by atoms with Crippen LogP contribution < -0.4 is 5.32 Å². The summed E-state index contributed by atoms with van der Waals surface area (Å²) >= 11 is 0. The smallest absolute Gasteiger partial charge is 0.152 e. The average Bonchev–Trinajstić information content (AvgIpc) is 2.41. The minimum Gasteiger partial charge on any atom is -0.384 e. The van der Waals surface area contributed by atoms with Gasteiger partial charge >= 0.3 is 0 Å². The van der Waals surface area contributed by atoms with E-state index in [1.54, 1.807) is 0 Å². The summed E-state index contributed by atoms with van der Waals surface area (Å²) in [5.74, 6) is 0. The van der Waals surface area contributed by atoms with E-state index >= 15 is 0 Å². The molecular weight excluding hydrogens is 162 g/mol. The van der Waals surface area contributed by atoms with Gasteiger partial charge in [0.25, 0.3) is 0 Å². The lowest BCUT2D eigenvalue weighted by Gasteiger charge is -2.09. The monoisotopic (exact) mass is 175 g/mol. The van der Waals surface area contributed by atoms with Crippen molar-refractivity contribution < 1.29 is 4.79 Å². The molecule has 0 aromatic heterocycles. The number of hydrogen-bond donors (Lipinski definition) is 1. The molecule has 0 radical (unpaired) electrons. The van der Waals surface area contributed by atoms with Crippen LogP contribution in [0.1, 0.15) is 28.8 Å². The van der Waals surface area contributed by atoms with Crippen molar-refractivity contribution in [2.45, 2.75) is 19.3 Å². The first-order valence-corrected chi connectivity index (χ1v) is 4.73. The predicted octanol–water partition coefficient (Wildman–Crippen LogP) is 2.25. The van der Waals surface area contributed by atoms with Crippen molar-refractivity contribution in [3.05, 3.63) is 29.3 Å². The van der Waals surface area contributed by atoms with Crippen LogP contribution in [0.15, 0.2) is 18.2 Å². The number of anilines is 1. The molecule has 68 valence electrons. The molecule has 2 heteroatoms. The lowest BCUT2D eigenvalue weighted by atomic mass is 10.0. The average molecular weight is 175 g/mol. The van der Waals surface area contributed by atoms with Crippen LogP contribution in [0.3, 0.4) is 0 Å². The van der Waals surface area contributed by atoms with E-state index in [1.807, 2.05) is 12.1 Å². The fourth-order valence-corrected chi connectivity index (χ4v) is 1.80. The Morgan fingerprint density at radius 2 is 2.23 bits per heavy atom. The fourth-order valence-electron chi connectivity index (χ4n) is 1.80. The molecule has 0 saturated heterocycles. The number of nitrogens with one attached hydrogen (secondary N) is 1. The molecule has 2 nitrogen and oxygen atoms in total. The summed E-state index contributed by atoms with van der Waals surface area (Å²) in [5, 5.41) is 3.31. The van der Waals surface area contributed by atoms with E-state index in [0.717, 1.165) is 30.5 Å². The van der Waals surface area contributed by atoms with Gasteiger partial charge in [0.1, 0.15) is 0 Å². The first-order valence-electron chi connectivity index (χ1n) is 4.73. The zero-order valence-electron chi connectivity index (χ0n) is 7.55. The molecule has 0 fully saturated rings.